The number of amides is 2. The van der Waals surface area contributed by atoms with Crippen LogP contribution in [0.2, 0.25) is 0 Å². The Bertz CT molecular complexity index is 792. The first kappa shape index (κ1) is 23.0. The van der Waals surface area contributed by atoms with E-state index in [2.05, 4.69) is 10.6 Å². The van der Waals surface area contributed by atoms with E-state index in [4.69, 9.17) is 5.11 Å². The Labute approximate surface area is 160 Å². The number of carboxylic acid groups (broad SMARTS) is 1. The average Bonchev–Trinajstić information content (AvgIpc) is 2.66. The minimum absolute atomic E-state index is 0.00910. The number of carboxylic acids is 1. The number of carbonyl (C=O) groups excluding carboxylic acids is 3. The van der Waals surface area contributed by atoms with Crippen LogP contribution in [-0.4, -0.2) is 46.0 Å². The van der Waals surface area contributed by atoms with Crippen molar-refractivity contribution >= 4 is 29.3 Å². The first-order valence-corrected chi connectivity index (χ1v) is 8.86. The van der Waals surface area contributed by atoms with Gasteiger partial charge in [-0.1, -0.05) is 20.3 Å². The van der Waals surface area contributed by atoms with Gasteiger partial charge in [-0.3, -0.25) is 24.0 Å². The quantitative estimate of drug-likeness (QED) is 0.511. The van der Waals surface area contributed by atoms with Crippen LogP contribution >= 0.6 is 0 Å². The van der Waals surface area contributed by atoms with Crippen molar-refractivity contribution in [3.63, 3.8) is 0 Å². The molecule has 0 saturated carbocycles. The molecule has 28 heavy (non-hydrogen) atoms. The zero-order chi connectivity index (χ0) is 21.3. The third-order valence-corrected chi connectivity index (χ3v) is 3.99. The van der Waals surface area contributed by atoms with E-state index in [0.717, 1.165) is 4.57 Å². The average molecular weight is 397 g/mol. The Morgan fingerprint density at radius 3 is 2.46 bits per heavy atom. The number of alkyl halides is 1. The Morgan fingerprint density at radius 2 is 1.93 bits per heavy atom. The largest absolute Gasteiger partial charge is 0.481 e. The number of aliphatic carboxylic acids is 1. The fraction of sp³-hybridized carbons (Fsp3) is 0.500. The molecule has 0 aromatic carbocycles. The number of aromatic nitrogens is 1. The number of pyridine rings is 1. The van der Waals surface area contributed by atoms with Crippen LogP contribution in [0.4, 0.5) is 10.1 Å². The Hall–Kier alpha value is -3.04. The highest BCUT2D eigenvalue weighted by Crippen LogP contribution is 2.14. The number of hydrogen-bond donors (Lipinski definition) is 3. The molecule has 0 bridgehead atoms. The number of Topliss-reactive ketones (excluding diaryl/α,β-unsaturated/α-hetero) is 1. The van der Waals surface area contributed by atoms with E-state index < -0.39 is 48.4 Å². The normalized spacial score (nSPS) is 12.7. The summed E-state index contributed by atoms with van der Waals surface area (Å²) >= 11 is 0. The number of rotatable bonds is 11. The predicted molar refractivity (Wildman–Crippen MR) is 98.7 cm³/mol. The zero-order valence-electron chi connectivity index (χ0n) is 15.7. The van der Waals surface area contributed by atoms with Crippen molar-refractivity contribution in [2.75, 3.05) is 12.0 Å². The maximum atomic E-state index is 12.7. The van der Waals surface area contributed by atoms with Gasteiger partial charge >= 0.3 is 5.97 Å². The summed E-state index contributed by atoms with van der Waals surface area (Å²) in [7, 11) is 0. The third kappa shape index (κ3) is 6.29. The summed E-state index contributed by atoms with van der Waals surface area (Å²) in [5.74, 6) is -3.60. The van der Waals surface area contributed by atoms with E-state index in [1.807, 2.05) is 0 Å². The van der Waals surface area contributed by atoms with Crippen molar-refractivity contribution in [1.29, 1.82) is 0 Å². The van der Waals surface area contributed by atoms with Crippen LogP contribution in [0.25, 0.3) is 0 Å². The lowest BCUT2D eigenvalue weighted by molar-refractivity contribution is -0.140. The lowest BCUT2D eigenvalue weighted by atomic mass is 10.1. The lowest BCUT2D eigenvalue weighted by Gasteiger charge is -2.22. The van der Waals surface area contributed by atoms with Crippen LogP contribution in [0.1, 0.15) is 45.6 Å². The highest BCUT2D eigenvalue weighted by atomic mass is 19.1. The van der Waals surface area contributed by atoms with Gasteiger partial charge < -0.3 is 20.3 Å². The molecule has 0 spiro atoms. The minimum atomic E-state index is -1.53. The van der Waals surface area contributed by atoms with Gasteiger partial charge in [-0.15, -0.1) is 0 Å². The number of ketones is 1. The lowest BCUT2D eigenvalue weighted by Crippen LogP contribution is -2.47. The first-order valence-electron chi connectivity index (χ1n) is 8.86. The molecule has 1 aromatic rings. The second-order valence-electron chi connectivity index (χ2n) is 6.10. The molecular formula is C18H24FN3O6. The summed E-state index contributed by atoms with van der Waals surface area (Å²) in [5.41, 5.74) is -0.630. The van der Waals surface area contributed by atoms with E-state index in [1.54, 1.807) is 13.8 Å². The summed E-state index contributed by atoms with van der Waals surface area (Å²) in [6.07, 6.45) is 1.45. The Balaban J connectivity index is 3.18. The van der Waals surface area contributed by atoms with Crippen molar-refractivity contribution < 1.29 is 28.7 Å². The summed E-state index contributed by atoms with van der Waals surface area (Å²) in [5, 5.41) is 13.5. The molecule has 3 N–H and O–H groups in total. The van der Waals surface area contributed by atoms with Crippen molar-refractivity contribution in [2.45, 2.75) is 51.6 Å². The van der Waals surface area contributed by atoms with E-state index in [9.17, 15) is 28.4 Å². The molecule has 0 aliphatic heterocycles. The molecule has 0 aliphatic carbocycles. The molecule has 9 nitrogen and oxygen atoms in total. The molecule has 10 heteroatoms. The molecule has 1 rings (SSSR count). The molecule has 0 saturated heterocycles. The smallest absolute Gasteiger partial charge is 0.305 e. The van der Waals surface area contributed by atoms with Gasteiger partial charge in [0.1, 0.15) is 24.4 Å². The van der Waals surface area contributed by atoms with E-state index >= 15 is 0 Å². The highest BCUT2D eigenvalue weighted by molar-refractivity contribution is 5.93. The minimum Gasteiger partial charge on any atom is -0.481 e. The molecule has 1 aromatic heterocycles. The molecule has 0 radical (unpaired) electrons. The van der Waals surface area contributed by atoms with E-state index in [1.165, 1.54) is 18.3 Å². The number of anilines is 1. The highest BCUT2D eigenvalue weighted by Gasteiger charge is 2.28. The van der Waals surface area contributed by atoms with Gasteiger partial charge in [-0.25, -0.2) is 4.39 Å². The molecule has 0 fully saturated rings. The van der Waals surface area contributed by atoms with Crippen LogP contribution in [0.3, 0.4) is 0 Å². The fourth-order valence-corrected chi connectivity index (χ4v) is 2.54. The summed E-state index contributed by atoms with van der Waals surface area (Å²) in [6.45, 7) is 1.97. The van der Waals surface area contributed by atoms with Gasteiger partial charge in [-0.2, -0.15) is 0 Å². The maximum Gasteiger partial charge on any atom is 0.305 e. The second kappa shape index (κ2) is 11.0. The van der Waals surface area contributed by atoms with Gasteiger partial charge in [-0.05, 0) is 18.6 Å². The molecule has 0 aliphatic rings. The standard InChI is InChI=1S/C18H24FN3O6/c1-3-6-13(17(27)21-12(9-16(25)26)14(23)10-19)22-8-5-7-11(18(22)28)20-15(24)4-2/h5,7-8,12-13H,3-4,6,9-10H2,1-2H3,(H,20,24)(H,21,27)(H,25,26)/t12?,13-/m0/s1. The Morgan fingerprint density at radius 1 is 1.25 bits per heavy atom. The number of carbonyl (C=O) groups is 4. The molecule has 2 amide bonds. The second-order valence-corrected chi connectivity index (χ2v) is 6.10. The first-order chi connectivity index (χ1) is 13.2. The number of nitrogens with one attached hydrogen (secondary N) is 2. The topological polar surface area (TPSA) is 135 Å². The summed E-state index contributed by atoms with van der Waals surface area (Å²) in [6, 6.07) is 0.282. The van der Waals surface area contributed by atoms with Gasteiger partial charge in [0, 0.05) is 12.6 Å². The van der Waals surface area contributed by atoms with Gasteiger partial charge in [0.2, 0.25) is 11.8 Å². The van der Waals surface area contributed by atoms with Crippen molar-refractivity contribution in [3.05, 3.63) is 28.7 Å². The monoisotopic (exact) mass is 397 g/mol. The third-order valence-electron chi connectivity index (χ3n) is 3.99. The van der Waals surface area contributed by atoms with Crippen LogP contribution in [0, 0.1) is 0 Å². The Kier molecular flexibility index (Phi) is 9.00. The molecule has 2 atom stereocenters. The van der Waals surface area contributed by atoms with Gasteiger partial charge in [0.25, 0.3) is 5.56 Å². The number of halogens is 1. The van der Waals surface area contributed by atoms with Crippen molar-refractivity contribution in [3.8, 4) is 0 Å². The van der Waals surface area contributed by atoms with E-state index in [0.29, 0.717) is 6.42 Å². The maximum absolute atomic E-state index is 12.7. The molecule has 1 unspecified atom stereocenters. The number of nitrogens with zero attached hydrogens (tertiary/aromatic N) is 1. The SMILES string of the molecule is CCC[C@@H](C(=O)NC(CC(=O)O)C(=O)CF)n1cccc(NC(=O)CC)c1=O. The van der Waals surface area contributed by atoms with Crippen LogP contribution in [0.15, 0.2) is 23.1 Å². The van der Waals surface area contributed by atoms with Crippen LogP contribution in [-0.2, 0) is 19.2 Å². The molecular weight excluding hydrogens is 373 g/mol. The molecule has 154 valence electrons. The predicted octanol–water partition coefficient (Wildman–Crippen LogP) is 1.04. The molecule has 1 heterocycles. The van der Waals surface area contributed by atoms with Crippen LogP contribution < -0.4 is 16.2 Å². The van der Waals surface area contributed by atoms with Gasteiger partial charge in [0.15, 0.2) is 5.78 Å². The fourth-order valence-electron chi connectivity index (χ4n) is 2.54. The van der Waals surface area contributed by atoms with Crippen LogP contribution in [0.5, 0.6) is 0 Å². The summed E-state index contributed by atoms with van der Waals surface area (Å²) < 4.78 is 13.8. The van der Waals surface area contributed by atoms with Crippen molar-refractivity contribution in [2.24, 2.45) is 0 Å². The van der Waals surface area contributed by atoms with E-state index in [-0.39, 0.29) is 24.4 Å². The van der Waals surface area contributed by atoms with Crippen molar-refractivity contribution in [1.82, 2.24) is 9.88 Å². The van der Waals surface area contributed by atoms with Gasteiger partial charge in [0.05, 0.1) is 6.42 Å². The number of hydrogen-bond acceptors (Lipinski definition) is 5. The zero-order valence-corrected chi connectivity index (χ0v) is 15.7. The summed E-state index contributed by atoms with van der Waals surface area (Å²) in [4.78, 5) is 59.4.